The molecule has 0 fully saturated rings. The molecule has 0 bridgehead atoms. The minimum absolute atomic E-state index is 0.0962. The summed E-state index contributed by atoms with van der Waals surface area (Å²) in [7, 11) is 0. The van der Waals surface area contributed by atoms with E-state index in [-0.39, 0.29) is 5.91 Å². The van der Waals surface area contributed by atoms with Gasteiger partial charge < -0.3 is 10.1 Å². The zero-order chi connectivity index (χ0) is 19.6. The lowest BCUT2D eigenvalue weighted by molar-refractivity contribution is 0.0951. The Hall–Kier alpha value is -3.14. The molecule has 1 amide bonds. The van der Waals surface area contributed by atoms with Crippen molar-refractivity contribution in [3.63, 3.8) is 0 Å². The second-order valence-corrected chi connectivity index (χ2v) is 6.65. The molecule has 1 heterocycles. The first-order valence-corrected chi connectivity index (χ1v) is 9.72. The number of carbonyl (C=O) groups is 1. The molecule has 0 spiro atoms. The van der Waals surface area contributed by atoms with E-state index in [9.17, 15) is 4.79 Å². The highest BCUT2D eigenvalue weighted by Crippen LogP contribution is 2.15. The number of rotatable bonds is 9. The maximum absolute atomic E-state index is 12.5. The molecule has 0 saturated heterocycles. The van der Waals surface area contributed by atoms with Crippen LogP contribution >= 0.6 is 0 Å². The van der Waals surface area contributed by atoms with Crippen molar-refractivity contribution in [3.8, 4) is 5.75 Å². The fourth-order valence-electron chi connectivity index (χ4n) is 2.97. The Morgan fingerprint density at radius 2 is 2.04 bits per heavy atom. The third kappa shape index (κ3) is 5.68. The van der Waals surface area contributed by atoms with Crippen molar-refractivity contribution in [2.75, 3.05) is 6.61 Å². The third-order valence-electron chi connectivity index (χ3n) is 4.49. The van der Waals surface area contributed by atoms with E-state index in [0.29, 0.717) is 18.7 Å². The minimum Gasteiger partial charge on any atom is -0.494 e. The Balaban J connectivity index is 1.51. The quantitative estimate of drug-likeness (QED) is 0.409. The van der Waals surface area contributed by atoms with E-state index < -0.39 is 0 Å². The maximum atomic E-state index is 12.5. The Morgan fingerprint density at radius 1 is 1.11 bits per heavy atom. The fraction of sp³-hybridized carbons (Fsp3) is 0.250. The van der Waals surface area contributed by atoms with Crippen molar-refractivity contribution < 1.29 is 9.53 Å². The number of carbonyl (C=O) groups excluding carboxylic acids is 1. The molecule has 1 N–H and O–H groups in total. The summed E-state index contributed by atoms with van der Waals surface area (Å²) >= 11 is 0. The number of hydrogen-bond donors (Lipinski definition) is 1. The van der Waals surface area contributed by atoms with Gasteiger partial charge in [0.2, 0.25) is 0 Å². The number of benzene rings is 2. The number of allylic oxidation sites excluding steroid dienone is 2. The van der Waals surface area contributed by atoms with Crippen LogP contribution in [-0.4, -0.2) is 17.5 Å². The van der Waals surface area contributed by atoms with Crippen molar-refractivity contribution in [2.24, 2.45) is 0 Å². The van der Waals surface area contributed by atoms with Gasteiger partial charge in [0, 0.05) is 23.7 Å². The van der Waals surface area contributed by atoms with Gasteiger partial charge in [0.15, 0.2) is 0 Å². The van der Waals surface area contributed by atoms with Crippen LogP contribution in [0, 0.1) is 0 Å². The van der Waals surface area contributed by atoms with Crippen LogP contribution in [0.2, 0.25) is 0 Å². The Morgan fingerprint density at radius 3 is 2.93 bits per heavy atom. The standard InChI is InChI=1S/C24H26N2O2/c1-2-3-4-5-6-15-28-22-11-7-9-19(16-22)18-26-24(27)21-12-13-23-20(17-21)10-8-14-25-23/h2-3,7-14,16-17H,4-6,15,18H2,1H3,(H,26,27)/b3-2+. The summed E-state index contributed by atoms with van der Waals surface area (Å²) in [5.74, 6) is 0.746. The van der Waals surface area contributed by atoms with Gasteiger partial charge in [-0.3, -0.25) is 9.78 Å². The lowest BCUT2D eigenvalue weighted by Crippen LogP contribution is -2.22. The molecular formula is C24H26N2O2. The monoisotopic (exact) mass is 374 g/mol. The van der Waals surface area contributed by atoms with E-state index in [2.05, 4.69) is 22.5 Å². The average Bonchev–Trinajstić information content (AvgIpc) is 2.74. The number of pyridine rings is 1. The zero-order valence-electron chi connectivity index (χ0n) is 16.2. The number of nitrogens with one attached hydrogen (secondary N) is 1. The molecule has 0 unspecified atom stereocenters. The van der Waals surface area contributed by atoms with Crippen LogP contribution in [0.5, 0.6) is 5.75 Å². The van der Waals surface area contributed by atoms with Crippen LogP contribution in [0.4, 0.5) is 0 Å². The minimum atomic E-state index is -0.0962. The summed E-state index contributed by atoms with van der Waals surface area (Å²) in [5, 5.41) is 3.93. The molecule has 0 atom stereocenters. The number of fused-ring (bicyclic) bond motifs is 1. The lowest BCUT2D eigenvalue weighted by Gasteiger charge is -2.09. The molecule has 3 rings (SSSR count). The molecule has 28 heavy (non-hydrogen) atoms. The Labute approximate surface area is 166 Å². The van der Waals surface area contributed by atoms with Crippen LogP contribution in [0.25, 0.3) is 10.9 Å². The number of aromatic nitrogens is 1. The molecule has 144 valence electrons. The van der Waals surface area contributed by atoms with Gasteiger partial charge >= 0.3 is 0 Å². The summed E-state index contributed by atoms with van der Waals surface area (Å²) in [6.07, 6.45) is 9.25. The van der Waals surface area contributed by atoms with Gasteiger partial charge in [-0.15, -0.1) is 0 Å². The molecule has 0 aliphatic heterocycles. The number of hydrogen-bond acceptors (Lipinski definition) is 3. The molecule has 4 nitrogen and oxygen atoms in total. The van der Waals surface area contributed by atoms with Gasteiger partial charge in [0.05, 0.1) is 12.1 Å². The second-order valence-electron chi connectivity index (χ2n) is 6.65. The van der Waals surface area contributed by atoms with Crippen molar-refractivity contribution in [3.05, 3.63) is 84.1 Å². The fourth-order valence-corrected chi connectivity index (χ4v) is 2.97. The van der Waals surface area contributed by atoms with Crippen molar-refractivity contribution in [2.45, 2.75) is 32.7 Å². The van der Waals surface area contributed by atoms with Gasteiger partial charge in [0.1, 0.15) is 5.75 Å². The van der Waals surface area contributed by atoms with Gasteiger partial charge in [-0.05, 0) is 68.1 Å². The van der Waals surface area contributed by atoms with Crippen molar-refractivity contribution in [1.82, 2.24) is 10.3 Å². The van der Waals surface area contributed by atoms with E-state index in [0.717, 1.165) is 41.5 Å². The first-order valence-electron chi connectivity index (χ1n) is 9.72. The number of amides is 1. The first-order chi connectivity index (χ1) is 13.8. The Bertz CT molecular complexity index is 950. The largest absolute Gasteiger partial charge is 0.494 e. The summed E-state index contributed by atoms with van der Waals surface area (Å²) < 4.78 is 5.82. The summed E-state index contributed by atoms with van der Waals surface area (Å²) in [6.45, 7) is 3.21. The van der Waals surface area contributed by atoms with Crippen molar-refractivity contribution in [1.29, 1.82) is 0 Å². The van der Waals surface area contributed by atoms with Crippen LogP contribution in [0.1, 0.15) is 42.1 Å². The topological polar surface area (TPSA) is 51.2 Å². The summed E-state index contributed by atoms with van der Waals surface area (Å²) in [5.41, 5.74) is 2.53. The highest BCUT2D eigenvalue weighted by Gasteiger charge is 2.07. The van der Waals surface area contributed by atoms with E-state index in [1.54, 1.807) is 12.3 Å². The van der Waals surface area contributed by atoms with Crippen LogP contribution < -0.4 is 10.1 Å². The normalized spacial score (nSPS) is 11.0. The molecule has 3 aromatic rings. The molecule has 4 heteroatoms. The smallest absolute Gasteiger partial charge is 0.251 e. The average molecular weight is 374 g/mol. The highest BCUT2D eigenvalue weighted by atomic mass is 16.5. The number of ether oxygens (including phenoxy) is 1. The predicted octanol–water partition coefficient (Wildman–Crippen LogP) is 5.29. The highest BCUT2D eigenvalue weighted by molar-refractivity contribution is 5.97. The van der Waals surface area contributed by atoms with Crippen LogP contribution in [0.3, 0.4) is 0 Å². The maximum Gasteiger partial charge on any atom is 0.251 e. The van der Waals surface area contributed by atoms with Gasteiger partial charge in [-0.25, -0.2) is 0 Å². The Kier molecular flexibility index (Phi) is 7.19. The SMILES string of the molecule is C/C=C/CCCCOc1cccc(CNC(=O)c2ccc3ncccc3c2)c1. The summed E-state index contributed by atoms with van der Waals surface area (Å²) in [4.78, 5) is 16.8. The third-order valence-corrected chi connectivity index (χ3v) is 4.49. The summed E-state index contributed by atoms with van der Waals surface area (Å²) in [6, 6.07) is 17.2. The number of nitrogens with zero attached hydrogens (tertiary/aromatic N) is 1. The molecular weight excluding hydrogens is 348 g/mol. The molecule has 1 aromatic heterocycles. The zero-order valence-corrected chi connectivity index (χ0v) is 16.2. The first kappa shape index (κ1) is 19.6. The number of unbranched alkanes of at least 4 members (excludes halogenated alkanes) is 2. The van der Waals surface area contributed by atoms with E-state index in [1.165, 1.54) is 0 Å². The van der Waals surface area contributed by atoms with Gasteiger partial charge in [-0.1, -0.05) is 30.4 Å². The molecule has 2 aromatic carbocycles. The van der Waals surface area contributed by atoms with E-state index in [4.69, 9.17) is 4.74 Å². The van der Waals surface area contributed by atoms with Gasteiger partial charge in [-0.2, -0.15) is 0 Å². The van der Waals surface area contributed by atoms with Crippen LogP contribution in [-0.2, 0) is 6.54 Å². The molecule has 0 saturated carbocycles. The van der Waals surface area contributed by atoms with E-state index in [1.807, 2.05) is 55.5 Å². The van der Waals surface area contributed by atoms with E-state index >= 15 is 0 Å². The molecule has 0 aliphatic rings. The van der Waals surface area contributed by atoms with Gasteiger partial charge in [0.25, 0.3) is 5.91 Å². The molecule has 0 aliphatic carbocycles. The predicted molar refractivity (Wildman–Crippen MR) is 114 cm³/mol. The van der Waals surface area contributed by atoms with Crippen LogP contribution in [0.15, 0.2) is 72.9 Å². The van der Waals surface area contributed by atoms with Crippen molar-refractivity contribution >= 4 is 16.8 Å². The lowest BCUT2D eigenvalue weighted by atomic mass is 10.1. The molecule has 0 radical (unpaired) electrons. The second kappa shape index (κ2) is 10.3.